The summed E-state index contributed by atoms with van der Waals surface area (Å²) in [5.74, 6) is 1.25. The molecule has 2 aliphatic rings. The Balaban J connectivity index is 1.12. The molecular formula is C25H28N4O4S. The van der Waals surface area contributed by atoms with Gasteiger partial charge in [0, 0.05) is 33.2 Å². The van der Waals surface area contributed by atoms with Gasteiger partial charge in [-0.1, -0.05) is 24.3 Å². The van der Waals surface area contributed by atoms with Crippen LogP contribution in [-0.2, 0) is 9.59 Å². The van der Waals surface area contributed by atoms with Gasteiger partial charge in [-0.25, -0.2) is 4.98 Å². The average molecular weight is 481 g/mol. The molecule has 5 rings (SSSR count). The van der Waals surface area contributed by atoms with Crippen LogP contribution in [0.3, 0.4) is 0 Å². The van der Waals surface area contributed by atoms with Crippen LogP contribution in [0.5, 0.6) is 11.5 Å². The van der Waals surface area contributed by atoms with E-state index in [0.29, 0.717) is 44.2 Å². The van der Waals surface area contributed by atoms with Crippen molar-refractivity contribution in [3.8, 4) is 11.5 Å². The molecule has 0 spiro atoms. The molecule has 1 fully saturated rings. The van der Waals surface area contributed by atoms with Gasteiger partial charge in [0.05, 0.1) is 22.8 Å². The van der Waals surface area contributed by atoms with E-state index in [1.807, 2.05) is 56.4 Å². The molecule has 0 aliphatic carbocycles. The van der Waals surface area contributed by atoms with Gasteiger partial charge < -0.3 is 19.3 Å². The molecule has 3 aromatic rings. The van der Waals surface area contributed by atoms with Gasteiger partial charge in [0.1, 0.15) is 11.6 Å². The van der Waals surface area contributed by atoms with E-state index in [1.165, 1.54) is 0 Å². The normalized spacial score (nSPS) is 19.1. The van der Waals surface area contributed by atoms with Crippen LogP contribution in [0.1, 0.15) is 18.0 Å². The molecule has 0 saturated carbocycles. The van der Waals surface area contributed by atoms with E-state index >= 15 is 0 Å². The molecule has 0 bridgehead atoms. The highest BCUT2D eigenvalue weighted by molar-refractivity contribution is 7.18. The van der Waals surface area contributed by atoms with Crippen molar-refractivity contribution in [3.05, 3.63) is 53.5 Å². The third-order valence-electron chi connectivity index (χ3n) is 6.47. The Hall–Kier alpha value is -3.17. The lowest BCUT2D eigenvalue weighted by Crippen LogP contribution is -2.55. The smallest absolute Gasteiger partial charge is 0.267 e. The summed E-state index contributed by atoms with van der Waals surface area (Å²) in [4.78, 5) is 36.3. The molecule has 1 aromatic heterocycles. The number of fused-ring (bicyclic) bond motifs is 2. The molecule has 0 N–H and O–H groups in total. The second-order valence-electron chi connectivity index (χ2n) is 8.67. The SMILES string of the molecule is C[C@@H](c1nc2ccccc2s1)N(C)C(=O)CN1CCN(C(=O)[C@H]2COc3ccccc3O2)CC1. The van der Waals surface area contributed by atoms with Gasteiger partial charge in [-0.15, -0.1) is 11.3 Å². The highest BCUT2D eigenvalue weighted by atomic mass is 32.1. The van der Waals surface area contributed by atoms with Gasteiger partial charge in [0.25, 0.3) is 5.91 Å². The molecule has 9 heteroatoms. The number of carbonyl (C=O) groups is 2. The molecule has 2 amide bonds. The minimum absolute atomic E-state index is 0.0483. The Bertz CT molecular complexity index is 1160. The molecule has 1 saturated heterocycles. The molecule has 2 aromatic carbocycles. The number of amides is 2. The van der Waals surface area contributed by atoms with E-state index in [0.717, 1.165) is 15.2 Å². The lowest BCUT2D eigenvalue weighted by molar-refractivity contribution is -0.143. The summed E-state index contributed by atoms with van der Waals surface area (Å²) in [7, 11) is 1.83. The average Bonchev–Trinajstić information content (AvgIpc) is 3.32. The first kappa shape index (κ1) is 22.6. The number of carbonyl (C=O) groups excluding carboxylic acids is 2. The zero-order valence-corrected chi connectivity index (χ0v) is 20.2. The number of hydrogen-bond acceptors (Lipinski definition) is 7. The number of nitrogens with zero attached hydrogens (tertiary/aromatic N) is 4. The number of para-hydroxylation sites is 3. The fraction of sp³-hybridized carbons (Fsp3) is 0.400. The second kappa shape index (κ2) is 9.60. The van der Waals surface area contributed by atoms with Crippen LogP contribution < -0.4 is 9.47 Å². The third-order valence-corrected chi connectivity index (χ3v) is 7.68. The molecule has 8 nitrogen and oxygen atoms in total. The quantitative estimate of drug-likeness (QED) is 0.559. The Morgan fingerprint density at radius 2 is 1.79 bits per heavy atom. The van der Waals surface area contributed by atoms with Crippen molar-refractivity contribution in [2.24, 2.45) is 0 Å². The maximum Gasteiger partial charge on any atom is 0.267 e. The molecule has 3 heterocycles. The fourth-order valence-electron chi connectivity index (χ4n) is 4.22. The van der Waals surface area contributed by atoms with E-state index in [-0.39, 0.29) is 24.5 Å². The minimum atomic E-state index is -0.635. The maximum absolute atomic E-state index is 13.0. The molecule has 178 valence electrons. The van der Waals surface area contributed by atoms with Crippen molar-refractivity contribution >= 4 is 33.4 Å². The van der Waals surface area contributed by atoms with Crippen molar-refractivity contribution in [1.29, 1.82) is 0 Å². The minimum Gasteiger partial charge on any atom is -0.485 e. The van der Waals surface area contributed by atoms with Crippen molar-refractivity contribution in [3.63, 3.8) is 0 Å². The van der Waals surface area contributed by atoms with Crippen LogP contribution in [0.15, 0.2) is 48.5 Å². The Labute approximate surface area is 202 Å². The Kier molecular flexibility index (Phi) is 6.38. The summed E-state index contributed by atoms with van der Waals surface area (Å²) in [6.45, 7) is 4.95. The van der Waals surface area contributed by atoms with Gasteiger partial charge >= 0.3 is 0 Å². The summed E-state index contributed by atoms with van der Waals surface area (Å²) in [6, 6.07) is 15.3. The third kappa shape index (κ3) is 4.58. The predicted octanol–water partition coefficient (Wildman–Crippen LogP) is 2.80. The summed E-state index contributed by atoms with van der Waals surface area (Å²) < 4.78 is 12.7. The number of rotatable bonds is 5. The Morgan fingerprint density at radius 3 is 2.56 bits per heavy atom. The van der Waals surface area contributed by atoms with Crippen LogP contribution >= 0.6 is 11.3 Å². The number of ether oxygens (including phenoxy) is 2. The fourth-order valence-corrected chi connectivity index (χ4v) is 5.29. The van der Waals surface area contributed by atoms with Crippen molar-refractivity contribution in [2.75, 3.05) is 46.4 Å². The van der Waals surface area contributed by atoms with Gasteiger partial charge in [-0.05, 0) is 31.2 Å². The van der Waals surface area contributed by atoms with Crippen LogP contribution in [0.2, 0.25) is 0 Å². The first-order valence-electron chi connectivity index (χ1n) is 11.5. The number of aromatic nitrogens is 1. The first-order valence-corrected chi connectivity index (χ1v) is 12.3. The van der Waals surface area contributed by atoms with Gasteiger partial charge in [0.2, 0.25) is 12.0 Å². The van der Waals surface area contributed by atoms with E-state index < -0.39 is 6.10 Å². The van der Waals surface area contributed by atoms with Crippen molar-refractivity contribution < 1.29 is 19.1 Å². The number of likely N-dealkylation sites (N-methyl/N-ethyl adjacent to an activating group) is 1. The molecule has 0 unspecified atom stereocenters. The van der Waals surface area contributed by atoms with Gasteiger partial charge in [0.15, 0.2) is 11.5 Å². The van der Waals surface area contributed by atoms with Gasteiger partial charge in [-0.2, -0.15) is 0 Å². The Morgan fingerprint density at radius 1 is 1.09 bits per heavy atom. The number of piperazine rings is 1. The lowest BCUT2D eigenvalue weighted by atomic mass is 10.2. The first-order chi connectivity index (χ1) is 16.5. The van der Waals surface area contributed by atoms with E-state index in [4.69, 9.17) is 14.5 Å². The molecule has 34 heavy (non-hydrogen) atoms. The van der Waals surface area contributed by atoms with Crippen molar-refractivity contribution in [2.45, 2.75) is 19.1 Å². The van der Waals surface area contributed by atoms with Crippen LogP contribution in [-0.4, -0.2) is 84.0 Å². The molecular weight excluding hydrogens is 452 g/mol. The zero-order valence-electron chi connectivity index (χ0n) is 19.3. The zero-order chi connectivity index (χ0) is 23.7. The monoisotopic (exact) mass is 480 g/mol. The van der Waals surface area contributed by atoms with E-state index in [2.05, 4.69) is 11.0 Å². The van der Waals surface area contributed by atoms with Crippen molar-refractivity contribution in [1.82, 2.24) is 19.7 Å². The van der Waals surface area contributed by atoms with Gasteiger partial charge in [-0.3, -0.25) is 14.5 Å². The molecule has 2 aliphatic heterocycles. The maximum atomic E-state index is 13.0. The van der Waals surface area contributed by atoms with Crippen LogP contribution in [0, 0.1) is 0 Å². The van der Waals surface area contributed by atoms with Crippen LogP contribution in [0.25, 0.3) is 10.2 Å². The topological polar surface area (TPSA) is 75.2 Å². The highest BCUT2D eigenvalue weighted by Gasteiger charge is 2.33. The summed E-state index contributed by atoms with van der Waals surface area (Å²) in [5.41, 5.74) is 0.965. The van der Waals surface area contributed by atoms with E-state index in [9.17, 15) is 9.59 Å². The summed E-state index contributed by atoms with van der Waals surface area (Å²) >= 11 is 1.63. The highest BCUT2D eigenvalue weighted by Crippen LogP contribution is 2.31. The standard InChI is InChI=1S/C25H28N4O4S/c1-17(24-26-18-7-3-6-10-22(18)34-24)27(2)23(30)15-28-11-13-29(14-12-28)25(31)21-16-32-19-8-4-5-9-20(19)33-21/h3-10,17,21H,11-16H2,1-2H3/t17-,21+/m0/s1. The molecule has 2 atom stereocenters. The number of benzene rings is 2. The summed E-state index contributed by atoms with van der Waals surface area (Å²) in [6.07, 6.45) is -0.635. The number of thiazole rings is 1. The lowest BCUT2D eigenvalue weighted by Gasteiger charge is -2.37. The second-order valence-corrected chi connectivity index (χ2v) is 9.73. The van der Waals surface area contributed by atoms with E-state index in [1.54, 1.807) is 21.1 Å². The molecule has 0 radical (unpaired) electrons. The summed E-state index contributed by atoms with van der Waals surface area (Å²) in [5, 5.41) is 0.934. The van der Waals surface area contributed by atoms with Crippen LogP contribution in [0.4, 0.5) is 0 Å². The largest absolute Gasteiger partial charge is 0.485 e. The predicted molar refractivity (Wildman–Crippen MR) is 130 cm³/mol. The number of hydrogen-bond donors (Lipinski definition) is 0.